The average Bonchev–Trinajstić information content (AvgIpc) is 3.01. The maximum absolute atomic E-state index is 12.6. The standard InChI is InChI=1S/C17H17N7O2/c25-17(12-6-7-15-20-22-23-24(15)10-8-12)19-13-3-1-4-14(11-13)26-16-5-2-9-18-21-16/h1-5,9,11-12H,6-8,10H2,(H,19,25). The van der Waals surface area contributed by atoms with Crippen LogP contribution in [0.1, 0.15) is 18.7 Å². The third-order valence-electron chi connectivity index (χ3n) is 4.25. The van der Waals surface area contributed by atoms with E-state index in [4.69, 9.17) is 4.74 Å². The molecule has 3 aromatic rings. The number of nitrogens with zero attached hydrogens (tertiary/aromatic N) is 6. The Labute approximate surface area is 149 Å². The first-order valence-electron chi connectivity index (χ1n) is 8.39. The fraction of sp³-hybridized carbons (Fsp3) is 0.294. The lowest BCUT2D eigenvalue weighted by atomic mass is 9.99. The first kappa shape index (κ1) is 16.1. The molecule has 0 aliphatic carbocycles. The predicted molar refractivity (Wildman–Crippen MR) is 91.4 cm³/mol. The van der Waals surface area contributed by atoms with E-state index < -0.39 is 0 Å². The van der Waals surface area contributed by atoms with Crippen LogP contribution in [-0.2, 0) is 17.8 Å². The third-order valence-corrected chi connectivity index (χ3v) is 4.25. The Bertz CT molecular complexity index is 874. The van der Waals surface area contributed by atoms with Gasteiger partial charge in [-0.1, -0.05) is 6.07 Å². The van der Waals surface area contributed by atoms with Crippen LogP contribution in [0, 0.1) is 5.92 Å². The summed E-state index contributed by atoms with van der Waals surface area (Å²) in [6, 6.07) is 10.7. The van der Waals surface area contributed by atoms with Crippen molar-refractivity contribution >= 4 is 11.6 Å². The Morgan fingerprint density at radius 3 is 3.04 bits per heavy atom. The fourth-order valence-electron chi connectivity index (χ4n) is 2.91. The summed E-state index contributed by atoms with van der Waals surface area (Å²) in [5, 5.41) is 22.2. The summed E-state index contributed by atoms with van der Waals surface area (Å²) in [7, 11) is 0. The molecule has 9 heteroatoms. The Morgan fingerprint density at radius 2 is 2.15 bits per heavy atom. The van der Waals surface area contributed by atoms with Gasteiger partial charge in [0.25, 0.3) is 0 Å². The molecule has 1 aliphatic heterocycles. The number of anilines is 1. The lowest BCUT2D eigenvalue weighted by Crippen LogP contribution is -2.23. The van der Waals surface area contributed by atoms with Crippen LogP contribution in [0.15, 0.2) is 42.6 Å². The minimum Gasteiger partial charge on any atom is -0.437 e. The highest BCUT2D eigenvalue weighted by Gasteiger charge is 2.24. The zero-order chi connectivity index (χ0) is 17.8. The topological polar surface area (TPSA) is 108 Å². The number of amides is 1. The lowest BCUT2D eigenvalue weighted by molar-refractivity contribution is -0.120. The van der Waals surface area contributed by atoms with E-state index in [-0.39, 0.29) is 11.8 Å². The molecule has 26 heavy (non-hydrogen) atoms. The first-order valence-corrected chi connectivity index (χ1v) is 8.39. The number of tetrazole rings is 1. The highest BCUT2D eigenvalue weighted by molar-refractivity contribution is 5.92. The van der Waals surface area contributed by atoms with Gasteiger partial charge in [-0.05, 0) is 41.5 Å². The lowest BCUT2D eigenvalue weighted by Gasteiger charge is -2.14. The van der Waals surface area contributed by atoms with Crippen molar-refractivity contribution in [1.82, 2.24) is 30.4 Å². The Morgan fingerprint density at radius 1 is 1.19 bits per heavy atom. The number of nitrogens with one attached hydrogen (secondary N) is 1. The minimum absolute atomic E-state index is 0.0136. The van der Waals surface area contributed by atoms with Crippen molar-refractivity contribution in [3.8, 4) is 11.6 Å². The fourth-order valence-corrected chi connectivity index (χ4v) is 2.91. The van der Waals surface area contributed by atoms with Crippen molar-refractivity contribution in [3.63, 3.8) is 0 Å². The molecule has 0 bridgehead atoms. The van der Waals surface area contributed by atoms with Crippen LogP contribution >= 0.6 is 0 Å². The van der Waals surface area contributed by atoms with Crippen LogP contribution in [0.5, 0.6) is 11.6 Å². The molecule has 0 radical (unpaired) electrons. The van der Waals surface area contributed by atoms with E-state index in [0.29, 0.717) is 36.7 Å². The number of benzene rings is 1. The van der Waals surface area contributed by atoms with E-state index in [1.165, 1.54) is 0 Å². The smallest absolute Gasteiger partial charge is 0.238 e. The zero-order valence-electron chi connectivity index (χ0n) is 13.9. The van der Waals surface area contributed by atoms with Crippen molar-refractivity contribution in [2.75, 3.05) is 5.32 Å². The summed E-state index contributed by atoms with van der Waals surface area (Å²) in [6.45, 7) is 0.649. The average molecular weight is 351 g/mol. The van der Waals surface area contributed by atoms with Gasteiger partial charge in [-0.3, -0.25) is 4.79 Å². The van der Waals surface area contributed by atoms with Crippen LogP contribution in [-0.4, -0.2) is 36.3 Å². The number of hydrogen-bond acceptors (Lipinski definition) is 7. The van der Waals surface area contributed by atoms with E-state index in [9.17, 15) is 4.79 Å². The number of ether oxygens (including phenoxy) is 1. The molecule has 0 fully saturated rings. The van der Waals surface area contributed by atoms with Gasteiger partial charge in [0.1, 0.15) is 5.75 Å². The van der Waals surface area contributed by atoms with Crippen molar-refractivity contribution < 1.29 is 9.53 Å². The summed E-state index contributed by atoms with van der Waals surface area (Å²) in [5.41, 5.74) is 0.679. The molecule has 1 amide bonds. The molecule has 3 heterocycles. The molecule has 1 unspecified atom stereocenters. The van der Waals surface area contributed by atoms with E-state index in [2.05, 4.69) is 31.0 Å². The minimum atomic E-state index is -0.0944. The van der Waals surface area contributed by atoms with Gasteiger partial charge >= 0.3 is 0 Å². The Hall–Kier alpha value is -3.36. The molecule has 1 atom stereocenters. The van der Waals surface area contributed by atoms with Gasteiger partial charge in [-0.2, -0.15) is 5.10 Å². The highest BCUT2D eigenvalue weighted by atomic mass is 16.5. The highest BCUT2D eigenvalue weighted by Crippen LogP contribution is 2.24. The SMILES string of the molecule is O=C(Nc1cccc(Oc2cccnn2)c1)C1CCc2nnnn2CC1. The second kappa shape index (κ2) is 7.26. The zero-order valence-corrected chi connectivity index (χ0v) is 13.9. The first-order chi connectivity index (χ1) is 12.8. The van der Waals surface area contributed by atoms with Crippen LogP contribution in [0.4, 0.5) is 5.69 Å². The van der Waals surface area contributed by atoms with Crippen molar-refractivity contribution in [3.05, 3.63) is 48.4 Å². The molecule has 1 aromatic carbocycles. The van der Waals surface area contributed by atoms with Crippen LogP contribution in [0.25, 0.3) is 0 Å². The summed E-state index contributed by atoms with van der Waals surface area (Å²) in [6.07, 6.45) is 3.70. The van der Waals surface area contributed by atoms with Crippen LogP contribution < -0.4 is 10.1 Å². The van der Waals surface area contributed by atoms with Gasteiger partial charge in [-0.15, -0.1) is 10.2 Å². The summed E-state index contributed by atoms with van der Waals surface area (Å²) < 4.78 is 7.41. The monoisotopic (exact) mass is 351 g/mol. The quantitative estimate of drug-likeness (QED) is 0.764. The van der Waals surface area contributed by atoms with E-state index >= 15 is 0 Å². The van der Waals surface area contributed by atoms with Gasteiger partial charge in [0.2, 0.25) is 11.8 Å². The molecule has 0 saturated heterocycles. The second-order valence-electron chi connectivity index (χ2n) is 6.02. The molecule has 9 nitrogen and oxygen atoms in total. The number of carbonyl (C=O) groups is 1. The molecule has 4 rings (SSSR count). The van der Waals surface area contributed by atoms with Gasteiger partial charge in [0.05, 0.1) is 0 Å². The van der Waals surface area contributed by atoms with E-state index in [0.717, 1.165) is 12.2 Å². The number of aromatic nitrogens is 6. The molecule has 0 saturated carbocycles. The van der Waals surface area contributed by atoms with E-state index in [1.807, 2.05) is 12.1 Å². The summed E-state index contributed by atoms with van der Waals surface area (Å²) >= 11 is 0. The molecule has 1 aliphatic rings. The van der Waals surface area contributed by atoms with Gasteiger partial charge in [0.15, 0.2) is 5.82 Å². The predicted octanol–water partition coefficient (Wildman–Crippen LogP) is 1.85. The number of fused-ring (bicyclic) bond motifs is 1. The van der Waals surface area contributed by atoms with Gasteiger partial charge in [0, 0.05) is 42.9 Å². The maximum Gasteiger partial charge on any atom is 0.238 e. The molecule has 132 valence electrons. The Balaban J connectivity index is 1.40. The van der Waals surface area contributed by atoms with Gasteiger partial charge < -0.3 is 10.1 Å². The molecule has 0 spiro atoms. The van der Waals surface area contributed by atoms with Crippen LogP contribution in [0.3, 0.4) is 0 Å². The number of rotatable bonds is 4. The number of hydrogen-bond donors (Lipinski definition) is 1. The number of carbonyl (C=O) groups excluding carboxylic acids is 1. The Kier molecular flexibility index (Phi) is 4.50. The van der Waals surface area contributed by atoms with E-state index in [1.54, 1.807) is 35.1 Å². The normalized spacial score (nSPS) is 16.4. The van der Waals surface area contributed by atoms with Crippen molar-refractivity contribution in [2.45, 2.75) is 25.8 Å². The third kappa shape index (κ3) is 3.66. The molecule has 1 N–H and O–H groups in total. The van der Waals surface area contributed by atoms with Crippen molar-refractivity contribution in [2.24, 2.45) is 5.92 Å². The number of aryl methyl sites for hydroxylation is 2. The second-order valence-corrected chi connectivity index (χ2v) is 6.02. The summed E-state index contributed by atoms with van der Waals surface area (Å²) in [5.74, 6) is 1.71. The molecular formula is C17H17N7O2. The van der Waals surface area contributed by atoms with Crippen molar-refractivity contribution in [1.29, 1.82) is 0 Å². The molecular weight excluding hydrogens is 334 g/mol. The maximum atomic E-state index is 12.6. The molecule has 2 aromatic heterocycles. The van der Waals surface area contributed by atoms with Crippen LogP contribution in [0.2, 0.25) is 0 Å². The summed E-state index contributed by atoms with van der Waals surface area (Å²) in [4.78, 5) is 12.6. The van der Waals surface area contributed by atoms with Gasteiger partial charge in [-0.25, -0.2) is 4.68 Å². The largest absolute Gasteiger partial charge is 0.437 e.